The van der Waals surface area contributed by atoms with Crippen molar-refractivity contribution in [2.75, 3.05) is 13.1 Å². The molecule has 5 nitrogen and oxygen atoms in total. The maximum absolute atomic E-state index is 12.7. The highest BCUT2D eigenvalue weighted by Crippen LogP contribution is 2.21. The molecule has 1 aliphatic rings. The van der Waals surface area contributed by atoms with Gasteiger partial charge in [-0.2, -0.15) is 4.31 Å². The second-order valence-electron chi connectivity index (χ2n) is 6.48. The molecule has 0 aliphatic carbocycles. The summed E-state index contributed by atoms with van der Waals surface area (Å²) in [4.78, 5) is 12.7. The van der Waals surface area contributed by atoms with Gasteiger partial charge in [-0.1, -0.05) is 39.7 Å². The van der Waals surface area contributed by atoms with Crippen LogP contribution in [0.3, 0.4) is 0 Å². The van der Waals surface area contributed by atoms with Crippen LogP contribution >= 0.6 is 15.9 Å². The molecule has 138 valence electrons. The lowest BCUT2D eigenvalue weighted by atomic mass is 10.1. The number of rotatable bonds is 4. The Kier molecular flexibility index (Phi) is 5.79. The largest absolute Gasteiger partial charge is 0.349 e. The first kappa shape index (κ1) is 19.1. The average Bonchev–Trinajstić information content (AvgIpc) is 2.62. The number of nitrogens with one attached hydrogen (secondary N) is 1. The first-order valence-electron chi connectivity index (χ1n) is 8.49. The van der Waals surface area contributed by atoms with Crippen molar-refractivity contribution < 1.29 is 13.2 Å². The SMILES string of the molecule is Cc1ccc(S(=O)(=O)N2CCC(NC(=O)c3cccc(Br)c3)CC2)cc1. The van der Waals surface area contributed by atoms with Crippen LogP contribution in [0.25, 0.3) is 0 Å². The molecule has 2 aromatic carbocycles. The Bertz CT molecular complexity index is 889. The van der Waals surface area contributed by atoms with Crippen LogP contribution in [0.5, 0.6) is 0 Å². The summed E-state index contributed by atoms with van der Waals surface area (Å²) >= 11 is 3.36. The van der Waals surface area contributed by atoms with Crippen molar-refractivity contribution >= 4 is 31.9 Å². The molecule has 1 fully saturated rings. The minimum Gasteiger partial charge on any atom is -0.349 e. The van der Waals surface area contributed by atoms with Crippen LogP contribution < -0.4 is 5.32 Å². The van der Waals surface area contributed by atoms with Crippen LogP contribution in [0, 0.1) is 6.92 Å². The number of halogens is 1. The zero-order chi connectivity index (χ0) is 18.7. The number of nitrogens with zero attached hydrogens (tertiary/aromatic N) is 1. The maximum atomic E-state index is 12.7. The van der Waals surface area contributed by atoms with E-state index in [4.69, 9.17) is 0 Å². The van der Waals surface area contributed by atoms with Crippen molar-refractivity contribution in [1.82, 2.24) is 9.62 Å². The summed E-state index contributed by atoms with van der Waals surface area (Å²) in [6.45, 7) is 2.73. The first-order valence-corrected chi connectivity index (χ1v) is 10.7. The predicted octanol–water partition coefficient (Wildman–Crippen LogP) is 3.34. The van der Waals surface area contributed by atoms with Crippen molar-refractivity contribution in [2.45, 2.75) is 30.7 Å². The fourth-order valence-electron chi connectivity index (χ4n) is 3.00. The number of carbonyl (C=O) groups is 1. The summed E-state index contributed by atoms with van der Waals surface area (Å²) < 4.78 is 27.8. The van der Waals surface area contributed by atoms with Gasteiger partial charge in [-0.15, -0.1) is 0 Å². The number of hydrogen-bond donors (Lipinski definition) is 1. The van der Waals surface area contributed by atoms with Crippen molar-refractivity contribution in [3.8, 4) is 0 Å². The molecule has 3 rings (SSSR count). The van der Waals surface area contributed by atoms with Crippen LogP contribution in [0.15, 0.2) is 57.9 Å². The van der Waals surface area contributed by atoms with E-state index in [1.54, 1.807) is 36.4 Å². The molecule has 0 radical (unpaired) electrons. The van der Waals surface area contributed by atoms with E-state index in [-0.39, 0.29) is 11.9 Å². The number of hydrogen-bond acceptors (Lipinski definition) is 3. The molecule has 26 heavy (non-hydrogen) atoms. The van der Waals surface area contributed by atoms with Crippen LogP contribution in [-0.2, 0) is 10.0 Å². The number of piperidine rings is 1. The van der Waals surface area contributed by atoms with Gasteiger partial charge in [0.1, 0.15) is 0 Å². The molecule has 0 saturated carbocycles. The van der Waals surface area contributed by atoms with Crippen LogP contribution in [0.4, 0.5) is 0 Å². The minimum absolute atomic E-state index is 0.0223. The van der Waals surface area contributed by atoms with Crippen LogP contribution in [-0.4, -0.2) is 37.8 Å². The highest BCUT2D eigenvalue weighted by Gasteiger charge is 2.30. The lowest BCUT2D eigenvalue weighted by Crippen LogP contribution is -2.46. The number of benzene rings is 2. The molecule has 1 amide bonds. The van der Waals surface area contributed by atoms with Crippen LogP contribution in [0.2, 0.25) is 0 Å². The summed E-state index contributed by atoms with van der Waals surface area (Å²) in [5, 5.41) is 3.00. The monoisotopic (exact) mass is 436 g/mol. The maximum Gasteiger partial charge on any atom is 0.251 e. The van der Waals surface area contributed by atoms with Gasteiger partial charge in [-0.05, 0) is 50.1 Å². The van der Waals surface area contributed by atoms with Crippen LogP contribution in [0.1, 0.15) is 28.8 Å². The Morgan fingerprint density at radius 3 is 2.38 bits per heavy atom. The summed E-state index contributed by atoms with van der Waals surface area (Å²) in [6, 6.07) is 14.1. The van der Waals surface area contributed by atoms with Gasteiger partial charge in [0.25, 0.3) is 5.91 Å². The van der Waals surface area contributed by atoms with E-state index in [9.17, 15) is 13.2 Å². The quantitative estimate of drug-likeness (QED) is 0.798. The minimum atomic E-state index is -3.47. The molecule has 1 aliphatic heterocycles. The Morgan fingerprint density at radius 1 is 1.12 bits per heavy atom. The van der Waals surface area contributed by atoms with E-state index >= 15 is 0 Å². The average molecular weight is 437 g/mol. The van der Waals surface area contributed by atoms with Gasteiger partial charge in [0.15, 0.2) is 0 Å². The summed E-state index contributed by atoms with van der Waals surface area (Å²) in [5.74, 6) is -0.133. The third-order valence-corrected chi connectivity index (χ3v) is 6.94. The molecule has 1 heterocycles. The Morgan fingerprint density at radius 2 is 1.77 bits per heavy atom. The number of amides is 1. The van der Waals surface area contributed by atoms with Gasteiger partial charge in [0, 0.05) is 29.2 Å². The molecule has 0 unspecified atom stereocenters. The zero-order valence-corrected chi connectivity index (χ0v) is 16.9. The second-order valence-corrected chi connectivity index (χ2v) is 9.33. The molecule has 1 saturated heterocycles. The van der Waals surface area contributed by atoms with Gasteiger partial charge in [-0.25, -0.2) is 8.42 Å². The van der Waals surface area contributed by atoms with Gasteiger partial charge < -0.3 is 5.32 Å². The Balaban J connectivity index is 1.60. The fourth-order valence-corrected chi connectivity index (χ4v) is 4.87. The third-order valence-electron chi connectivity index (χ3n) is 4.53. The molecule has 7 heteroatoms. The van der Waals surface area contributed by atoms with Gasteiger partial charge in [0.2, 0.25) is 10.0 Å². The standard InChI is InChI=1S/C19H21BrN2O3S/c1-14-5-7-18(8-6-14)26(24,25)22-11-9-17(10-12-22)21-19(23)15-3-2-4-16(20)13-15/h2-8,13,17H,9-12H2,1H3,(H,21,23). The molecule has 2 aromatic rings. The van der Waals surface area contributed by atoms with Crippen molar-refractivity contribution in [2.24, 2.45) is 0 Å². The van der Waals surface area contributed by atoms with Gasteiger partial charge in [-0.3, -0.25) is 4.79 Å². The highest BCUT2D eigenvalue weighted by atomic mass is 79.9. The van der Waals surface area contributed by atoms with Crippen molar-refractivity contribution in [1.29, 1.82) is 0 Å². The second kappa shape index (κ2) is 7.90. The third kappa shape index (κ3) is 4.34. The van der Waals surface area contributed by atoms with Crippen molar-refractivity contribution in [3.63, 3.8) is 0 Å². The molecular weight excluding hydrogens is 416 g/mol. The lowest BCUT2D eigenvalue weighted by Gasteiger charge is -2.31. The van der Waals surface area contributed by atoms with Gasteiger partial charge >= 0.3 is 0 Å². The highest BCUT2D eigenvalue weighted by molar-refractivity contribution is 9.10. The van der Waals surface area contributed by atoms with E-state index in [2.05, 4.69) is 21.2 Å². The van der Waals surface area contributed by atoms with E-state index in [1.165, 1.54) is 4.31 Å². The smallest absolute Gasteiger partial charge is 0.251 e. The van der Waals surface area contributed by atoms with E-state index < -0.39 is 10.0 Å². The van der Waals surface area contributed by atoms with E-state index in [0.29, 0.717) is 36.4 Å². The molecule has 0 atom stereocenters. The number of aryl methyl sites for hydroxylation is 1. The summed E-state index contributed by atoms with van der Waals surface area (Å²) in [6.07, 6.45) is 1.20. The normalized spacial score (nSPS) is 16.4. The van der Waals surface area contributed by atoms with Crippen molar-refractivity contribution in [3.05, 3.63) is 64.1 Å². The van der Waals surface area contributed by atoms with E-state index in [1.807, 2.05) is 19.1 Å². The molecule has 0 bridgehead atoms. The molecular formula is C19H21BrN2O3S. The van der Waals surface area contributed by atoms with E-state index in [0.717, 1.165) is 10.0 Å². The predicted molar refractivity (Wildman–Crippen MR) is 105 cm³/mol. The van der Waals surface area contributed by atoms with Gasteiger partial charge in [0.05, 0.1) is 4.90 Å². The Labute approximate surface area is 162 Å². The number of carbonyl (C=O) groups excluding carboxylic acids is 1. The Hall–Kier alpha value is -1.70. The summed E-state index contributed by atoms with van der Waals surface area (Å²) in [5.41, 5.74) is 1.62. The molecule has 1 N–H and O–H groups in total. The lowest BCUT2D eigenvalue weighted by molar-refractivity contribution is 0.0924. The zero-order valence-electron chi connectivity index (χ0n) is 14.5. The summed E-state index contributed by atoms with van der Waals surface area (Å²) in [7, 11) is -3.47. The number of sulfonamides is 1. The first-order chi connectivity index (χ1) is 12.4. The fraction of sp³-hybridized carbons (Fsp3) is 0.316. The molecule has 0 spiro atoms. The topological polar surface area (TPSA) is 66.5 Å². The molecule has 0 aromatic heterocycles.